The molecule has 112 valence electrons. The molecule has 0 aromatic heterocycles. The zero-order valence-electron chi connectivity index (χ0n) is 11.9. The van der Waals surface area contributed by atoms with Crippen molar-refractivity contribution in [3.8, 4) is 0 Å². The molecule has 0 bridgehead atoms. The third kappa shape index (κ3) is 3.75. The van der Waals surface area contributed by atoms with Crippen LogP contribution in [0, 0.1) is 24.0 Å². The van der Waals surface area contributed by atoms with E-state index in [-0.39, 0.29) is 11.4 Å². The van der Waals surface area contributed by atoms with Gasteiger partial charge in [0.05, 0.1) is 4.92 Å². The fraction of sp³-hybridized carbons (Fsp3) is 0.500. The lowest BCUT2D eigenvalue weighted by atomic mass is 10.1. The third-order valence-corrected chi connectivity index (χ3v) is 4.42. The summed E-state index contributed by atoms with van der Waals surface area (Å²) in [5.41, 5.74) is 5.57. The van der Waals surface area contributed by atoms with Gasteiger partial charge in [-0.25, -0.2) is 13.1 Å². The lowest BCUT2D eigenvalue weighted by Crippen LogP contribution is -2.45. The summed E-state index contributed by atoms with van der Waals surface area (Å²) in [7, 11) is -3.99. The van der Waals surface area contributed by atoms with E-state index >= 15 is 0 Å². The molecule has 0 spiro atoms. The average Bonchev–Trinajstić information content (AvgIpc) is 2.28. The van der Waals surface area contributed by atoms with Gasteiger partial charge in [-0.1, -0.05) is 6.07 Å². The van der Waals surface area contributed by atoms with Crippen molar-refractivity contribution in [2.45, 2.75) is 38.1 Å². The molecule has 0 radical (unpaired) electrons. The summed E-state index contributed by atoms with van der Waals surface area (Å²) in [6.45, 7) is 6.55. The van der Waals surface area contributed by atoms with Crippen molar-refractivity contribution in [3.05, 3.63) is 33.4 Å². The Bertz CT molecular complexity index is 633. The summed E-state index contributed by atoms with van der Waals surface area (Å²) in [5, 5.41) is 11.0. The van der Waals surface area contributed by atoms with E-state index in [0.717, 1.165) is 0 Å². The first kappa shape index (κ1) is 16.5. The van der Waals surface area contributed by atoms with Crippen LogP contribution < -0.4 is 10.5 Å². The maximum Gasteiger partial charge on any atom is 0.289 e. The van der Waals surface area contributed by atoms with Crippen LogP contribution in [0.15, 0.2) is 17.0 Å². The van der Waals surface area contributed by atoms with Crippen LogP contribution in [0.5, 0.6) is 0 Å². The van der Waals surface area contributed by atoms with Gasteiger partial charge in [-0.15, -0.1) is 0 Å². The predicted molar refractivity (Wildman–Crippen MR) is 76.0 cm³/mol. The second-order valence-corrected chi connectivity index (χ2v) is 7.13. The first-order valence-electron chi connectivity index (χ1n) is 5.99. The summed E-state index contributed by atoms with van der Waals surface area (Å²) in [6, 6.07) is 2.73. The fourth-order valence-electron chi connectivity index (χ4n) is 1.61. The standard InChI is InChI=1S/C12H19N3O4S/c1-8-5-6-10(15(16)17)11(9(8)2)20(18,19)14-7-12(3,4)13/h5-6,14H,7,13H2,1-4H3. The average molecular weight is 301 g/mol. The molecule has 0 fully saturated rings. The molecule has 0 saturated heterocycles. The van der Waals surface area contributed by atoms with Gasteiger partial charge in [0.25, 0.3) is 5.69 Å². The Balaban J connectivity index is 3.37. The third-order valence-electron chi connectivity index (χ3n) is 2.84. The number of nitro groups is 1. The molecule has 0 unspecified atom stereocenters. The van der Waals surface area contributed by atoms with Crippen molar-refractivity contribution < 1.29 is 13.3 Å². The van der Waals surface area contributed by atoms with Crippen molar-refractivity contribution >= 4 is 15.7 Å². The highest BCUT2D eigenvalue weighted by Gasteiger charge is 2.29. The molecule has 0 aliphatic carbocycles. The smallest absolute Gasteiger partial charge is 0.289 e. The zero-order chi connectivity index (χ0) is 15.7. The molecular formula is C12H19N3O4S. The number of nitrogens with two attached hydrogens (primary N) is 1. The fourth-order valence-corrected chi connectivity index (χ4v) is 3.30. The number of hydrogen-bond donors (Lipinski definition) is 2. The summed E-state index contributed by atoms with van der Waals surface area (Å²) < 4.78 is 26.9. The molecule has 1 rings (SSSR count). The molecule has 3 N–H and O–H groups in total. The maximum atomic E-state index is 12.3. The number of nitrogens with zero attached hydrogens (tertiary/aromatic N) is 1. The quantitative estimate of drug-likeness (QED) is 0.627. The normalized spacial score (nSPS) is 12.4. The second-order valence-electron chi connectivity index (χ2n) is 5.43. The van der Waals surface area contributed by atoms with Gasteiger partial charge in [0.15, 0.2) is 4.90 Å². The predicted octanol–water partition coefficient (Wildman–Crippen LogP) is 1.23. The Kier molecular flexibility index (Phi) is 4.52. The van der Waals surface area contributed by atoms with E-state index in [0.29, 0.717) is 11.1 Å². The topological polar surface area (TPSA) is 115 Å². The number of hydrogen-bond acceptors (Lipinski definition) is 5. The van der Waals surface area contributed by atoms with E-state index in [2.05, 4.69) is 4.72 Å². The molecule has 0 saturated carbocycles. The summed E-state index contributed by atoms with van der Waals surface area (Å²) in [5.74, 6) is 0. The lowest BCUT2D eigenvalue weighted by Gasteiger charge is -2.19. The van der Waals surface area contributed by atoms with Crippen molar-refractivity contribution in [2.75, 3.05) is 6.54 Å². The Morgan fingerprint density at radius 1 is 1.35 bits per heavy atom. The van der Waals surface area contributed by atoms with E-state index in [1.807, 2.05) is 0 Å². The molecule has 7 nitrogen and oxygen atoms in total. The highest BCUT2D eigenvalue weighted by Crippen LogP contribution is 2.29. The van der Waals surface area contributed by atoms with E-state index in [4.69, 9.17) is 5.73 Å². The molecule has 0 aliphatic rings. The van der Waals surface area contributed by atoms with Gasteiger partial charge in [0, 0.05) is 18.2 Å². The highest BCUT2D eigenvalue weighted by molar-refractivity contribution is 7.89. The van der Waals surface area contributed by atoms with Crippen LogP contribution in [0.25, 0.3) is 0 Å². The van der Waals surface area contributed by atoms with Crippen LogP contribution in [0.3, 0.4) is 0 Å². The minimum atomic E-state index is -3.99. The highest BCUT2D eigenvalue weighted by atomic mass is 32.2. The van der Waals surface area contributed by atoms with E-state index in [9.17, 15) is 18.5 Å². The van der Waals surface area contributed by atoms with Crippen molar-refractivity contribution in [2.24, 2.45) is 5.73 Å². The van der Waals surface area contributed by atoms with Crippen LogP contribution in [0.1, 0.15) is 25.0 Å². The first-order valence-corrected chi connectivity index (χ1v) is 7.47. The monoisotopic (exact) mass is 301 g/mol. The van der Waals surface area contributed by atoms with Gasteiger partial charge in [-0.2, -0.15) is 0 Å². The van der Waals surface area contributed by atoms with Crippen LogP contribution in [0.4, 0.5) is 5.69 Å². The Labute approximate surface area is 118 Å². The molecular weight excluding hydrogens is 282 g/mol. The molecule has 0 atom stereocenters. The minimum absolute atomic E-state index is 0.0140. The van der Waals surface area contributed by atoms with Gasteiger partial charge in [0.2, 0.25) is 10.0 Å². The van der Waals surface area contributed by atoms with Gasteiger partial charge in [-0.05, 0) is 38.8 Å². The molecule has 8 heteroatoms. The van der Waals surface area contributed by atoms with Gasteiger partial charge < -0.3 is 5.73 Å². The molecule has 0 amide bonds. The molecule has 1 aromatic rings. The Hall–Kier alpha value is -1.51. The Morgan fingerprint density at radius 3 is 2.35 bits per heavy atom. The van der Waals surface area contributed by atoms with Crippen LogP contribution in [0.2, 0.25) is 0 Å². The number of rotatable bonds is 5. The number of nitro benzene ring substituents is 1. The van der Waals surface area contributed by atoms with Crippen molar-refractivity contribution in [1.29, 1.82) is 0 Å². The summed E-state index contributed by atoms with van der Waals surface area (Å²) >= 11 is 0. The molecule has 0 heterocycles. The summed E-state index contributed by atoms with van der Waals surface area (Å²) in [6.07, 6.45) is 0. The van der Waals surface area contributed by atoms with E-state index in [1.165, 1.54) is 12.1 Å². The number of benzene rings is 1. The summed E-state index contributed by atoms with van der Waals surface area (Å²) in [4.78, 5) is 10.0. The number of sulfonamides is 1. The second kappa shape index (κ2) is 5.47. The molecule has 1 aromatic carbocycles. The van der Waals surface area contributed by atoms with Gasteiger partial charge in [-0.3, -0.25) is 10.1 Å². The van der Waals surface area contributed by atoms with Crippen molar-refractivity contribution in [1.82, 2.24) is 4.72 Å². The molecule has 0 aliphatic heterocycles. The van der Waals surface area contributed by atoms with Gasteiger partial charge >= 0.3 is 0 Å². The van der Waals surface area contributed by atoms with Crippen LogP contribution >= 0.6 is 0 Å². The van der Waals surface area contributed by atoms with E-state index in [1.54, 1.807) is 27.7 Å². The lowest BCUT2D eigenvalue weighted by molar-refractivity contribution is -0.387. The first-order chi connectivity index (χ1) is 8.96. The maximum absolute atomic E-state index is 12.3. The number of nitrogens with one attached hydrogen (secondary N) is 1. The molecule has 20 heavy (non-hydrogen) atoms. The van der Waals surface area contributed by atoms with Crippen LogP contribution in [-0.4, -0.2) is 25.4 Å². The van der Waals surface area contributed by atoms with Crippen LogP contribution in [-0.2, 0) is 10.0 Å². The van der Waals surface area contributed by atoms with Crippen molar-refractivity contribution in [3.63, 3.8) is 0 Å². The Morgan fingerprint density at radius 2 is 1.90 bits per heavy atom. The van der Waals surface area contributed by atoms with E-state index < -0.39 is 26.2 Å². The zero-order valence-corrected chi connectivity index (χ0v) is 12.7. The number of aryl methyl sites for hydroxylation is 1. The van der Waals surface area contributed by atoms with Gasteiger partial charge in [0.1, 0.15) is 0 Å². The largest absolute Gasteiger partial charge is 0.324 e. The minimum Gasteiger partial charge on any atom is -0.324 e. The SMILES string of the molecule is Cc1ccc([N+](=O)[O-])c(S(=O)(=O)NCC(C)(C)N)c1C.